The third kappa shape index (κ3) is 4.18. The number of carbonyl (C=O) groups excluding carboxylic acids is 1. The average molecular weight is 420 g/mol. The van der Waals surface area contributed by atoms with Gasteiger partial charge in [-0.05, 0) is 54.8 Å². The van der Waals surface area contributed by atoms with Crippen LogP contribution in [0.1, 0.15) is 17.3 Å². The molecular formula is C22H20N4O3S. The zero-order valence-electron chi connectivity index (χ0n) is 16.5. The molecule has 7 nitrogen and oxygen atoms in total. The van der Waals surface area contributed by atoms with Gasteiger partial charge in [-0.2, -0.15) is 4.98 Å². The lowest BCUT2D eigenvalue weighted by atomic mass is 10.2. The standard InChI is InChI=1S/C22H20N4O3S/c1-3-29-22-24-20(19-11-6-12-30-19)26(25-22)17-9-5-8-16(14-17)23-21(27)15-7-4-10-18(13-15)28-2/h4-14H,3H2,1-2H3,(H,23,27). The van der Waals surface area contributed by atoms with Crippen molar-refractivity contribution in [2.45, 2.75) is 6.92 Å². The number of aromatic nitrogens is 3. The van der Waals surface area contributed by atoms with Crippen molar-refractivity contribution in [3.05, 3.63) is 71.6 Å². The summed E-state index contributed by atoms with van der Waals surface area (Å²) >= 11 is 1.57. The number of ether oxygens (including phenoxy) is 2. The SMILES string of the molecule is CCOc1nc(-c2cccs2)n(-c2cccc(NC(=O)c3cccc(OC)c3)c2)n1. The number of carbonyl (C=O) groups is 1. The zero-order valence-corrected chi connectivity index (χ0v) is 17.3. The number of rotatable bonds is 7. The molecule has 0 aliphatic rings. The number of anilines is 1. The van der Waals surface area contributed by atoms with Crippen molar-refractivity contribution in [3.8, 4) is 28.1 Å². The Bertz CT molecular complexity index is 1150. The molecule has 0 saturated heterocycles. The van der Waals surface area contributed by atoms with E-state index in [9.17, 15) is 4.79 Å². The summed E-state index contributed by atoms with van der Waals surface area (Å²) < 4.78 is 12.4. The van der Waals surface area contributed by atoms with Crippen LogP contribution in [-0.2, 0) is 0 Å². The topological polar surface area (TPSA) is 78.3 Å². The van der Waals surface area contributed by atoms with Crippen LogP contribution in [0.5, 0.6) is 11.8 Å². The van der Waals surface area contributed by atoms with E-state index in [4.69, 9.17) is 9.47 Å². The number of amides is 1. The molecule has 0 saturated carbocycles. The Morgan fingerprint density at radius 3 is 2.77 bits per heavy atom. The Balaban J connectivity index is 1.64. The van der Waals surface area contributed by atoms with E-state index in [0.717, 1.165) is 10.6 Å². The van der Waals surface area contributed by atoms with E-state index in [1.54, 1.807) is 47.4 Å². The van der Waals surface area contributed by atoms with Gasteiger partial charge in [0.1, 0.15) is 5.75 Å². The Kier molecular flexibility index (Phi) is 5.76. The molecule has 2 aromatic heterocycles. The van der Waals surface area contributed by atoms with Crippen molar-refractivity contribution < 1.29 is 14.3 Å². The smallest absolute Gasteiger partial charge is 0.336 e. The third-order valence-electron chi connectivity index (χ3n) is 4.28. The molecule has 2 aromatic carbocycles. The highest BCUT2D eigenvalue weighted by molar-refractivity contribution is 7.13. The van der Waals surface area contributed by atoms with Crippen molar-refractivity contribution in [2.24, 2.45) is 0 Å². The minimum Gasteiger partial charge on any atom is -0.497 e. The van der Waals surface area contributed by atoms with Gasteiger partial charge in [0.05, 0.1) is 24.3 Å². The van der Waals surface area contributed by atoms with Gasteiger partial charge >= 0.3 is 6.01 Å². The Hall–Kier alpha value is -3.65. The molecule has 8 heteroatoms. The summed E-state index contributed by atoms with van der Waals surface area (Å²) in [6.45, 7) is 2.37. The molecule has 4 rings (SSSR count). The molecule has 0 bridgehead atoms. The normalized spacial score (nSPS) is 10.6. The van der Waals surface area contributed by atoms with Crippen molar-refractivity contribution in [2.75, 3.05) is 19.0 Å². The molecule has 0 unspecified atom stereocenters. The summed E-state index contributed by atoms with van der Waals surface area (Å²) in [6.07, 6.45) is 0. The van der Waals surface area contributed by atoms with Crippen LogP contribution in [0.3, 0.4) is 0 Å². The summed E-state index contributed by atoms with van der Waals surface area (Å²) in [5.41, 5.74) is 1.92. The molecule has 0 aliphatic heterocycles. The van der Waals surface area contributed by atoms with E-state index in [1.165, 1.54) is 0 Å². The Labute approximate surface area is 177 Å². The molecule has 0 fully saturated rings. The van der Waals surface area contributed by atoms with Crippen LogP contribution in [-0.4, -0.2) is 34.4 Å². The van der Waals surface area contributed by atoms with E-state index >= 15 is 0 Å². The molecule has 0 atom stereocenters. The first-order valence-corrected chi connectivity index (χ1v) is 10.3. The van der Waals surface area contributed by atoms with Crippen LogP contribution in [0.15, 0.2) is 66.0 Å². The lowest BCUT2D eigenvalue weighted by molar-refractivity contribution is 0.102. The van der Waals surface area contributed by atoms with E-state index < -0.39 is 0 Å². The van der Waals surface area contributed by atoms with E-state index in [-0.39, 0.29) is 5.91 Å². The first-order valence-electron chi connectivity index (χ1n) is 9.37. The molecule has 0 spiro atoms. The van der Waals surface area contributed by atoms with Crippen LogP contribution in [0.2, 0.25) is 0 Å². The van der Waals surface area contributed by atoms with Crippen LogP contribution >= 0.6 is 11.3 Å². The minimum atomic E-state index is -0.224. The van der Waals surface area contributed by atoms with Gasteiger partial charge in [-0.15, -0.1) is 16.4 Å². The number of nitrogens with one attached hydrogen (secondary N) is 1. The second kappa shape index (κ2) is 8.79. The van der Waals surface area contributed by atoms with Gasteiger partial charge in [0.2, 0.25) is 0 Å². The Morgan fingerprint density at radius 1 is 1.13 bits per heavy atom. The van der Waals surface area contributed by atoms with Crippen LogP contribution in [0, 0.1) is 0 Å². The number of thiophene rings is 1. The van der Waals surface area contributed by atoms with Crippen LogP contribution in [0.4, 0.5) is 5.69 Å². The van der Waals surface area contributed by atoms with Crippen molar-refractivity contribution in [3.63, 3.8) is 0 Å². The van der Waals surface area contributed by atoms with Crippen LogP contribution < -0.4 is 14.8 Å². The minimum absolute atomic E-state index is 0.224. The van der Waals surface area contributed by atoms with Gasteiger partial charge in [0.15, 0.2) is 5.82 Å². The fraction of sp³-hybridized carbons (Fsp3) is 0.136. The summed E-state index contributed by atoms with van der Waals surface area (Å²) in [5, 5.41) is 9.39. The monoisotopic (exact) mass is 420 g/mol. The van der Waals surface area contributed by atoms with Gasteiger partial charge in [-0.1, -0.05) is 18.2 Å². The predicted molar refractivity (Wildman–Crippen MR) is 117 cm³/mol. The van der Waals surface area contributed by atoms with Crippen molar-refractivity contribution in [1.82, 2.24) is 14.8 Å². The highest BCUT2D eigenvalue weighted by atomic mass is 32.1. The second-order valence-corrected chi connectivity index (χ2v) is 7.22. The van der Waals surface area contributed by atoms with Gasteiger partial charge < -0.3 is 14.8 Å². The summed E-state index contributed by atoms with van der Waals surface area (Å²) in [7, 11) is 1.57. The second-order valence-electron chi connectivity index (χ2n) is 6.28. The van der Waals surface area contributed by atoms with Gasteiger partial charge in [0.25, 0.3) is 5.91 Å². The van der Waals surface area contributed by atoms with Crippen LogP contribution in [0.25, 0.3) is 16.4 Å². The molecule has 2 heterocycles. The summed E-state index contributed by atoms with van der Waals surface area (Å²) in [6, 6.07) is 18.7. The quantitative estimate of drug-likeness (QED) is 0.471. The average Bonchev–Trinajstić information content (AvgIpc) is 3.44. The fourth-order valence-corrected chi connectivity index (χ4v) is 3.61. The maximum Gasteiger partial charge on any atom is 0.336 e. The molecule has 0 radical (unpaired) electrons. The molecule has 152 valence electrons. The van der Waals surface area contributed by atoms with Crippen molar-refractivity contribution in [1.29, 1.82) is 0 Å². The number of hydrogen-bond donors (Lipinski definition) is 1. The lowest BCUT2D eigenvalue weighted by Crippen LogP contribution is -2.12. The van der Waals surface area contributed by atoms with E-state index in [0.29, 0.717) is 35.4 Å². The first-order chi connectivity index (χ1) is 14.7. The van der Waals surface area contributed by atoms with Gasteiger partial charge in [-0.3, -0.25) is 4.79 Å². The highest BCUT2D eigenvalue weighted by Gasteiger charge is 2.16. The van der Waals surface area contributed by atoms with Gasteiger partial charge in [0, 0.05) is 11.3 Å². The van der Waals surface area contributed by atoms with E-state index in [1.807, 2.05) is 48.7 Å². The van der Waals surface area contributed by atoms with Gasteiger partial charge in [-0.25, -0.2) is 4.68 Å². The molecule has 30 heavy (non-hydrogen) atoms. The summed E-state index contributed by atoms with van der Waals surface area (Å²) in [4.78, 5) is 18.1. The summed E-state index contributed by atoms with van der Waals surface area (Å²) in [5.74, 6) is 1.09. The van der Waals surface area contributed by atoms with Crippen molar-refractivity contribution >= 4 is 22.9 Å². The zero-order chi connectivity index (χ0) is 20.9. The highest BCUT2D eigenvalue weighted by Crippen LogP contribution is 2.28. The number of nitrogens with zero attached hydrogens (tertiary/aromatic N) is 3. The number of methoxy groups -OCH3 is 1. The maximum atomic E-state index is 12.7. The molecule has 1 amide bonds. The lowest BCUT2D eigenvalue weighted by Gasteiger charge is -2.09. The number of hydrogen-bond acceptors (Lipinski definition) is 6. The molecule has 1 N–H and O–H groups in total. The largest absolute Gasteiger partial charge is 0.497 e. The molecule has 0 aliphatic carbocycles. The molecular weight excluding hydrogens is 400 g/mol. The predicted octanol–water partition coefficient (Wildman–Crippen LogP) is 4.66. The Morgan fingerprint density at radius 2 is 2.00 bits per heavy atom. The maximum absolute atomic E-state index is 12.7. The number of benzene rings is 2. The van der Waals surface area contributed by atoms with E-state index in [2.05, 4.69) is 15.4 Å². The molecule has 4 aromatic rings. The first kappa shape index (κ1) is 19.7. The third-order valence-corrected chi connectivity index (χ3v) is 5.15. The fourth-order valence-electron chi connectivity index (χ4n) is 2.91.